The van der Waals surface area contributed by atoms with E-state index in [-0.39, 0.29) is 27.5 Å². The molecule has 6 aromatic rings. The van der Waals surface area contributed by atoms with Crippen LogP contribution in [0.15, 0.2) is 124 Å². The summed E-state index contributed by atoms with van der Waals surface area (Å²) in [6, 6.07) is 28.9. The molecule has 7 rings (SSSR count). The molecule has 2 aromatic heterocycles. The molecule has 274 valence electrons. The molecule has 0 N–H and O–H groups in total. The van der Waals surface area contributed by atoms with Gasteiger partial charge in [-0.15, -0.1) is 0 Å². The fraction of sp³-hybridized carbons (Fsp3) is 0.268. The summed E-state index contributed by atoms with van der Waals surface area (Å²) in [6.45, 7) is 8.83. The molecule has 1 unspecified atom stereocenters. The molecular weight excluding hydrogens is 711 g/mol. The summed E-state index contributed by atoms with van der Waals surface area (Å²) in [7, 11) is -6.44. The summed E-state index contributed by atoms with van der Waals surface area (Å²) in [5, 5.41) is 6.03. The van der Waals surface area contributed by atoms with Crippen molar-refractivity contribution in [3.05, 3.63) is 132 Å². The summed E-state index contributed by atoms with van der Waals surface area (Å²) < 4.78 is 62.7. The zero-order chi connectivity index (χ0) is 37.9. The number of nitrogens with zero attached hydrogens (tertiary/aromatic N) is 3. The van der Waals surface area contributed by atoms with Crippen LogP contribution in [0, 0.1) is 19.8 Å². The van der Waals surface area contributed by atoms with E-state index in [4.69, 9.17) is 9.57 Å². The van der Waals surface area contributed by atoms with E-state index in [1.165, 1.54) is 15.1 Å². The average molecular weight is 752 g/mol. The van der Waals surface area contributed by atoms with Crippen molar-refractivity contribution in [1.29, 1.82) is 0 Å². The molecule has 0 bridgehead atoms. The number of oxime groups is 1. The van der Waals surface area contributed by atoms with Gasteiger partial charge in [0, 0.05) is 29.1 Å². The van der Waals surface area contributed by atoms with E-state index in [2.05, 4.69) is 5.16 Å². The number of carbonyl (C=O) groups is 1. The Morgan fingerprint density at radius 2 is 1.13 bits per heavy atom. The molecule has 1 aliphatic carbocycles. The minimum atomic E-state index is -3.87. The predicted molar refractivity (Wildman–Crippen MR) is 205 cm³/mol. The minimum absolute atomic E-state index is 0.0952. The Hall–Kier alpha value is -5.20. The molecule has 1 aliphatic rings. The van der Waals surface area contributed by atoms with E-state index < -0.39 is 31.6 Å². The second kappa shape index (κ2) is 13.3. The van der Waals surface area contributed by atoms with Crippen LogP contribution in [0.2, 0.25) is 0 Å². The van der Waals surface area contributed by atoms with Gasteiger partial charge < -0.3 is 9.57 Å². The van der Waals surface area contributed by atoms with Gasteiger partial charge in [-0.3, -0.25) is 0 Å². The quantitative estimate of drug-likeness (QED) is 0.0791. The highest BCUT2D eigenvalue weighted by atomic mass is 32.2. The highest BCUT2D eigenvalue weighted by molar-refractivity contribution is 7.90. The number of aryl methyl sites for hydroxylation is 2. The Balaban J connectivity index is 1.29. The Labute approximate surface area is 309 Å². The van der Waals surface area contributed by atoms with E-state index >= 15 is 0 Å². The highest BCUT2D eigenvalue weighted by Crippen LogP contribution is 2.54. The Morgan fingerprint density at radius 3 is 1.55 bits per heavy atom. The Kier molecular flexibility index (Phi) is 9.10. The van der Waals surface area contributed by atoms with Crippen LogP contribution in [-0.2, 0) is 34.4 Å². The van der Waals surface area contributed by atoms with Gasteiger partial charge >= 0.3 is 5.97 Å². The zero-order valence-electron chi connectivity index (χ0n) is 30.3. The first-order valence-electron chi connectivity index (χ1n) is 17.3. The van der Waals surface area contributed by atoms with Gasteiger partial charge in [0.15, 0.2) is 0 Å². The summed E-state index contributed by atoms with van der Waals surface area (Å²) in [4.78, 5) is 18.6. The normalized spacial score (nSPS) is 18.2. The van der Waals surface area contributed by atoms with E-state index in [0.29, 0.717) is 23.2 Å². The lowest BCUT2D eigenvalue weighted by Gasteiger charge is -2.45. The number of ether oxygens (including phenoxy) is 1. The number of esters is 1. The largest absolute Gasteiger partial charge is 0.466 e. The molecule has 0 radical (unpaired) electrons. The second-order valence-corrected chi connectivity index (χ2v) is 17.9. The van der Waals surface area contributed by atoms with Crippen molar-refractivity contribution in [3.63, 3.8) is 0 Å². The molecule has 0 amide bonds. The van der Waals surface area contributed by atoms with Crippen LogP contribution in [-0.4, -0.2) is 49.2 Å². The molecule has 0 spiro atoms. The number of methoxy groups -OCH3 is 1. The van der Waals surface area contributed by atoms with E-state index in [9.17, 15) is 21.6 Å². The van der Waals surface area contributed by atoms with Crippen molar-refractivity contribution in [1.82, 2.24) is 7.94 Å². The minimum Gasteiger partial charge on any atom is -0.466 e. The van der Waals surface area contributed by atoms with Gasteiger partial charge in [0.1, 0.15) is 0 Å². The zero-order valence-corrected chi connectivity index (χ0v) is 32.0. The third-order valence-electron chi connectivity index (χ3n) is 10.3. The topological polar surface area (TPSA) is 126 Å². The molecule has 4 aromatic carbocycles. The number of aromatic nitrogens is 2. The summed E-state index contributed by atoms with van der Waals surface area (Å²) in [5.74, 6) is -0.991. The number of carbonyl (C=O) groups excluding carboxylic acids is 1. The first-order chi connectivity index (χ1) is 25.1. The number of hydrogen-bond acceptors (Lipinski definition) is 8. The van der Waals surface area contributed by atoms with Crippen LogP contribution in [0.4, 0.5) is 0 Å². The maximum absolute atomic E-state index is 13.8. The van der Waals surface area contributed by atoms with Crippen LogP contribution >= 0.6 is 0 Å². The van der Waals surface area contributed by atoms with Crippen LogP contribution in [0.5, 0.6) is 0 Å². The molecule has 2 heterocycles. The fourth-order valence-electron chi connectivity index (χ4n) is 7.22. The molecule has 0 aliphatic heterocycles. The first kappa shape index (κ1) is 36.2. The maximum atomic E-state index is 13.8. The van der Waals surface area contributed by atoms with Gasteiger partial charge in [0.2, 0.25) is 5.60 Å². The lowest BCUT2D eigenvalue weighted by Crippen LogP contribution is -2.39. The third kappa shape index (κ3) is 6.44. The number of benzene rings is 4. The van der Waals surface area contributed by atoms with E-state index in [1.807, 2.05) is 57.2 Å². The smallest absolute Gasteiger partial charge is 0.352 e. The Bertz CT molecular complexity index is 2460. The molecule has 1 fully saturated rings. The van der Waals surface area contributed by atoms with Gasteiger partial charge in [-0.25, -0.2) is 29.6 Å². The van der Waals surface area contributed by atoms with Gasteiger partial charge in [-0.1, -0.05) is 64.8 Å². The predicted octanol–water partition coefficient (Wildman–Crippen LogP) is 7.92. The van der Waals surface area contributed by atoms with Crippen molar-refractivity contribution in [2.75, 3.05) is 7.11 Å². The highest BCUT2D eigenvalue weighted by Gasteiger charge is 2.45. The van der Waals surface area contributed by atoms with Crippen molar-refractivity contribution < 1.29 is 31.2 Å². The summed E-state index contributed by atoms with van der Waals surface area (Å²) in [5.41, 5.74) is 4.19. The van der Waals surface area contributed by atoms with Crippen LogP contribution < -0.4 is 0 Å². The van der Waals surface area contributed by atoms with Crippen molar-refractivity contribution >= 4 is 53.5 Å². The lowest BCUT2D eigenvalue weighted by atomic mass is 9.58. The third-order valence-corrected chi connectivity index (χ3v) is 13.7. The average Bonchev–Trinajstić information content (AvgIpc) is 3.75. The SMILES string of the molecule is COC(=O)C(C)(C)ON=C(C)C1[C@@H](c2ccc3ccn(S(=O)(=O)c4ccc(C)cc4)c3c2)C[C@H]1c1ccc2ccn(S(=O)(=O)c3ccc(C)cc3)c2c1. The molecule has 3 atom stereocenters. The second-order valence-electron chi connectivity index (χ2n) is 14.3. The summed E-state index contributed by atoms with van der Waals surface area (Å²) >= 11 is 0. The monoisotopic (exact) mass is 751 g/mol. The first-order valence-corrected chi connectivity index (χ1v) is 20.2. The van der Waals surface area contributed by atoms with Crippen LogP contribution in [0.1, 0.15) is 61.3 Å². The van der Waals surface area contributed by atoms with Gasteiger partial charge in [0.25, 0.3) is 20.0 Å². The van der Waals surface area contributed by atoms with Crippen molar-refractivity contribution in [2.45, 2.75) is 68.3 Å². The number of fused-ring (bicyclic) bond motifs is 2. The number of rotatable bonds is 10. The van der Waals surface area contributed by atoms with E-state index in [1.54, 1.807) is 86.9 Å². The molecule has 53 heavy (non-hydrogen) atoms. The maximum Gasteiger partial charge on any atom is 0.352 e. The van der Waals surface area contributed by atoms with Gasteiger partial charge in [-0.05, 0) is 113 Å². The van der Waals surface area contributed by atoms with Crippen molar-refractivity contribution in [2.24, 2.45) is 11.1 Å². The van der Waals surface area contributed by atoms with Crippen LogP contribution in [0.3, 0.4) is 0 Å². The fourth-order valence-corrected chi connectivity index (χ4v) is 9.91. The van der Waals surface area contributed by atoms with Gasteiger partial charge in [-0.2, -0.15) is 0 Å². The van der Waals surface area contributed by atoms with E-state index in [0.717, 1.165) is 33.0 Å². The molecule has 1 saturated carbocycles. The number of hydrogen-bond donors (Lipinski definition) is 0. The van der Waals surface area contributed by atoms with Crippen LogP contribution in [0.25, 0.3) is 21.8 Å². The molecule has 12 heteroatoms. The molecular formula is C41H41N3O7S2. The van der Waals surface area contributed by atoms with Gasteiger partial charge in [0.05, 0.1) is 33.6 Å². The molecule has 0 saturated heterocycles. The Morgan fingerprint density at radius 1 is 0.698 bits per heavy atom. The standard InChI is InChI=1S/C41H41N3O7S2/c1-26-7-15-33(16-8-26)52(46,47)43-21-19-29-11-13-31(23-37(29)43)35-25-36(39(35)28(3)42-51-41(4,5)40(45)50-6)32-14-12-30-20-22-44(38(30)24-32)53(48,49)34-17-9-27(2)10-18-34/h7-24,35-36,39H,25H2,1-6H3/t35-,36+,39?. The lowest BCUT2D eigenvalue weighted by molar-refractivity contribution is -0.165. The summed E-state index contributed by atoms with van der Waals surface area (Å²) in [6.07, 6.45) is 3.83. The molecule has 10 nitrogen and oxygen atoms in total. The van der Waals surface area contributed by atoms with Crippen molar-refractivity contribution in [3.8, 4) is 0 Å².